The Balaban J connectivity index is 2.03. The lowest BCUT2D eigenvalue weighted by molar-refractivity contribution is 0.102. The molecule has 0 aliphatic heterocycles. The Bertz CT molecular complexity index is 886. The number of H-pyrrole nitrogens is 1. The minimum atomic E-state index is -0.465. The number of anilines is 1. The number of nitrogens with zero attached hydrogens (tertiary/aromatic N) is 1. The maximum absolute atomic E-state index is 12.3. The van der Waals surface area contributed by atoms with Crippen molar-refractivity contribution in [2.75, 3.05) is 5.32 Å². The van der Waals surface area contributed by atoms with Crippen molar-refractivity contribution in [3.05, 3.63) is 64.6 Å². The number of aromatic nitrogens is 2. The lowest BCUT2D eigenvalue weighted by atomic mass is 10.1. The van der Waals surface area contributed by atoms with Crippen molar-refractivity contribution in [1.29, 1.82) is 0 Å². The molecule has 0 bridgehead atoms. The van der Waals surface area contributed by atoms with Crippen LogP contribution in [-0.2, 0) is 0 Å². The van der Waals surface area contributed by atoms with E-state index in [1.54, 1.807) is 36.4 Å². The van der Waals surface area contributed by atoms with Gasteiger partial charge < -0.3 is 10.4 Å². The van der Waals surface area contributed by atoms with E-state index < -0.39 is 5.91 Å². The first-order valence-corrected chi connectivity index (χ1v) is 6.23. The maximum Gasteiger partial charge on any atom is 0.276 e. The molecular weight excluding hydrogens is 270 g/mol. The van der Waals surface area contributed by atoms with Crippen LogP contribution in [0.15, 0.2) is 53.3 Å². The Morgan fingerprint density at radius 1 is 1.10 bits per heavy atom. The number of phenols is 1. The number of hydrogen-bond acceptors (Lipinski definition) is 4. The molecule has 0 atom stereocenters. The van der Waals surface area contributed by atoms with Crippen molar-refractivity contribution in [2.24, 2.45) is 0 Å². The molecule has 0 unspecified atom stereocenters. The average molecular weight is 281 g/mol. The van der Waals surface area contributed by atoms with Gasteiger partial charge in [0.25, 0.3) is 11.5 Å². The molecule has 21 heavy (non-hydrogen) atoms. The predicted octanol–water partition coefficient (Wildman–Crippen LogP) is 1.88. The van der Waals surface area contributed by atoms with Crippen LogP contribution in [0.5, 0.6) is 5.75 Å². The Labute approximate surface area is 119 Å². The summed E-state index contributed by atoms with van der Waals surface area (Å²) in [5.74, 6) is -0.417. The number of aromatic amines is 1. The van der Waals surface area contributed by atoms with Crippen molar-refractivity contribution >= 4 is 22.4 Å². The number of amides is 1. The number of benzene rings is 2. The fraction of sp³-hybridized carbons (Fsp3) is 0. The number of hydrogen-bond donors (Lipinski definition) is 3. The van der Waals surface area contributed by atoms with Crippen molar-refractivity contribution in [1.82, 2.24) is 10.2 Å². The molecule has 1 heterocycles. The summed E-state index contributed by atoms with van der Waals surface area (Å²) in [7, 11) is 0. The third kappa shape index (κ3) is 2.46. The molecule has 2 aromatic carbocycles. The Morgan fingerprint density at radius 2 is 1.86 bits per heavy atom. The molecule has 3 aromatic rings. The Kier molecular flexibility index (Phi) is 3.12. The standard InChI is InChI=1S/C15H11N3O3/c19-10-5-3-4-9(8-10)16-15(21)13-11-6-1-2-7-12(11)14(20)18-17-13/h1-8,19H,(H,16,21)(H,18,20). The molecule has 0 aliphatic carbocycles. The summed E-state index contributed by atoms with van der Waals surface area (Å²) < 4.78 is 0. The van der Waals surface area contributed by atoms with E-state index in [4.69, 9.17) is 0 Å². The SMILES string of the molecule is O=C(Nc1cccc(O)c1)c1n[nH]c(=O)c2ccccc12. The van der Waals surface area contributed by atoms with Crippen LogP contribution in [-0.4, -0.2) is 21.2 Å². The van der Waals surface area contributed by atoms with Crippen LogP contribution >= 0.6 is 0 Å². The summed E-state index contributed by atoms with van der Waals surface area (Å²) in [4.78, 5) is 23.9. The van der Waals surface area contributed by atoms with Gasteiger partial charge in [-0.1, -0.05) is 24.3 Å². The summed E-state index contributed by atoms with van der Waals surface area (Å²) in [6.45, 7) is 0. The van der Waals surface area contributed by atoms with E-state index >= 15 is 0 Å². The number of nitrogens with one attached hydrogen (secondary N) is 2. The zero-order valence-electron chi connectivity index (χ0n) is 10.8. The van der Waals surface area contributed by atoms with Gasteiger partial charge in [0.15, 0.2) is 5.69 Å². The molecule has 6 heteroatoms. The molecule has 6 nitrogen and oxygen atoms in total. The number of rotatable bonds is 2. The minimum absolute atomic E-state index is 0.0482. The Morgan fingerprint density at radius 3 is 2.62 bits per heavy atom. The lowest BCUT2D eigenvalue weighted by Crippen LogP contribution is -2.19. The van der Waals surface area contributed by atoms with Crippen LogP contribution in [0.3, 0.4) is 0 Å². The smallest absolute Gasteiger partial charge is 0.276 e. The first-order chi connectivity index (χ1) is 10.1. The molecule has 1 amide bonds. The number of phenolic OH excluding ortho intramolecular Hbond substituents is 1. The highest BCUT2D eigenvalue weighted by Gasteiger charge is 2.14. The van der Waals surface area contributed by atoms with Crippen molar-refractivity contribution in [3.63, 3.8) is 0 Å². The Hall–Kier alpha value is -3.15. The van der Waals surface area contributed by atoms with E-state index in [2.05, 4.69) is 15.5 Å². The number of fused-ring (bicyclic) bond motifs is 1. The van der Waals surface area contributed by atoms with Gasteiger partial charge in [-0.3, -0.25) is 9.59 Å². The number of aromatic hydroxyl groups is 1. The minimum Gasteiger partial charge on any atom is -0.508 e. The van der Waals surface area contributed by atoms with E-state index in [-0.39, 0.29) is 17.0 Å². The van der Waals surface area contributed by atoms with Crippen molar-refractivity contribution < 1.29 is 9.90 Å². The molecule has 3 N–H and O–H groups in total. The van der Waals surface area contributed by atoms with Gasteiger partial charge in [-0.2, -0.15) is 5.10 Å². The normalized spacial score (nSPS) is 10.5. The van der Waals surface area contributed by atoms with Crippen molar-refractivity contribution in [2.45, 2.75) is 0 Å². The molecule has 104 valence electrons. The fourth-order valence-electron chi connectivity index (χ4n) is 2.06. The second-order valence-electron chi connectivity index (χ2n) is 4.45. The zero-order valence-corrected chi connectivity index (χ0v) is 10.8. The summed E-state index contributed by atoms with van der Waals surface area (Å²) in [5.41, 5.74) is 0.213. The van der Waals surface area contributed by atoms with E-state index in [0.29, 0.717) is 16.5 Å². The second-order valence-corrected chi connectivity index (χ2v) is 4.45. The average Bonchev–Trinajstić information content (AvgIpc) is 2.48. The number of carbonyl (C=O) groups is 1. The van der Waals surface area contributed by atoms with Crippen LogP contribution in [0.2, 0.25) is 0 Å². The maximum atomic E-state index is 12.3. The third-order valence-electron chi connectivity index (χ3n) is 3.02. The van der Waals surface area contributed by atoms with E-state index in [1.165, 1.54) is 12.1 Å². The monoisotopic (exact) mass is 281 g/mol. The molecule has 3 rings (SSSR count). The van der Waals surface area contributed by atoms with Crippen molar-refractivity contribution in [3.8, 4) is 5.75 Å². The highest BCUT2D eigenvalue weighted by Crippen LogP contribution is 2.18. The van der Waals surface area contributed by atoms with Gasteiger partial charge in [0.2, 0.25) is 0 Å². The van der Waals surface area contributed by atoms with Crippen LogP contribution in [0.4, 0.5) is 5.69 Å². The van der Waals surface area contributed by atoms with Crippen LogP contribution < -0.4 is 10.9 Å². The van der Waals surface area contributed by atoms with Gasteiger partial charge in [0, 0.05) is 17.1 Å². The van der Waals surface area contributed by atoms with Gasteiger partial charge in [0.1, 0.15) is 5.75 Å². The molecule has 0 saturated carbocycles. The van der Waals surface area contributed by atoms with Gasteiger partial charge in [-0.05, 0) is 18.2 Å². The summed E-state index contributed by atoms with van der Waals surface area (Å²) >= 11 is 0. The van der Waals surface area contributed by atoms with Crippen LogP contribution in [0, 0.1) is 0 Å². The molecule has 0 radical (unpaired) electrons. The molecule has 1 aromatic heterocycles. The fourth-order valence-corrected chi connectivity index (χ4v) is 2.06. The molecule has 0 spiro atoms. The van der Waals surface area contributed by atoms with Gasteiger partial charge in [-0.25, -0.2) is 5.10 Å². The molecule has 0 aliphatic rings. The lowest BCUT2D eigenvalue weighted by Gasteiger charge is -2.06. The quantitative estimate of drug-likeness (QED) is 0.668. The molecule has 0 saturated heterocycles. The number of carbonyl (C=O) groups excluding carboxylic acids is 1. The van der Waals surface area contributed by atoms with E-state index in [1.807, 2.05) is 0 Å². The van der Waals surface area contributed by atoms with E-state index in [9.17, 15) is 14.7 Å². The topological polar surface area (TPSA) is 95.1 Å². The van der Waals surface area contributed by atoms with Gasteiger partial charge >= 0.3 is 0 Å². The highest BCUT2D eigenvalue weighted by atomic mass is 16.3. The van der Waals surface area contributed by atoms with Gasteiger partial charge in [0.05, 0.1) is 5.39 Å². The molecule has 0 fully saturated rings. The summed E-state index contributed by atoms with van der Waals surface area (Å²) in [5, 5.41) is 19.0. The summed E-state index contributed by atoms with van der Waals surface area (Å²) in [6, 6.07) is 12.9. The predicted molar refractivity (Wildman–Crippen MR) is 78.4 cm³/mol. The van der Waals surface area contributed by atoms with Crippen LogP contribution in [0.1, 0.15) is 10.5 Å². The van der Waals surface area contributed by atoms with Crippen LogP contribution in [0.25, 0.3) is 10.8 Å². The zero-order chi connectivity index (χ0) is 14.8. The van der Waals surface area contributed by atoms with Gasteiger partial charge in [-0.15, -0.1) is 0 Å². The summed E-state index contributed by atoms with van der Waals surface area (Å²) in [6.07, 6.45) is 0. The van der Waals surface area contributed by atoms with E-state index in [0.717, 1.165) is 0 Å². The molecular formula is C15H11N3O3. The first kappa shape index (κ1) is 12.9. The second kappa shape index (κ2) is 5.09. The first-order valence-electron chi connectivity index (χ1n) is 6.23. The highest BCUT2D eigenvalue weighted by molar-refractivity contribution is 6.11. The third-order valence-corrected chi connectivity index (χ3v) is 3.02. The largest absolute Gasteiger partial charge is 0.508 e.